The normalized spacial score (nSPS) is 15.4. The molecule has 1 aliphatic rings. The van der Waals surface area contributed by atoms with Gasteiger partial charge in [-0.2, -0.15) is 0 Å². The van der Waals surface area contributed by atoms with Crippen LogP contribution >= 0.6 is 35.6 Å². The van der Waals surface area contributed by atoms with Gasteiger partial charge in [0, 0.05) is 44.5 Å². The SMILES string of the molecule is CCNC(=NCc1cccc(Cl)c1)NCCCOCC1CCOCC1.I. The molecule has 0 spiro atoms. The van der Waals surface area contributed by atoms with Gasteiger partial charge in [-0.3, -0.25) is 0 Å². The zero-order valence-electron chi connectivity index (χ0n) is 15.5. The van der Waals surface area contributed by atoms with Crippen LogP contribution in [0.3, 0.4) is 0 Å². The van der Waals surface area contributed by atoms with E-state index >= 15 is 0 Å². The minimum absolute atomic E-state index is 0. The Labute approximate surface area is 179 Å². The van der Waals surface area contributed by atoms with E-state index in [9.17, 15) is 0 Å². The molecular formula is C19H31ClIN3O2. The van der Waals surface area contributed by atoms with Crippen LogP contribution in [0.5, 0.6) is 0 Å². The van der Waals surface area contributed by atoms with Crippen LogP contribution < -0.4 is 10.6 Å². The lowest BCUT2D eigenvalue weighted by atomic mass is 10.0. The molecule has 0 aromatic heterocycles. The van der Waals surface area contributed by atoms with Gasteiger partial charge in [0.15, 0.2) is 5.96 Å². The molecule has 26 heavy (non-hydrogen) atoms. The number of benzene rings is 1. The molecule has 0 atom stereocenters. The number of rotatable bonds is 9. The maximum absolute atomic E-state index is 6.01. The molecule has 0 aliphatic carbocycles. The van der Waals surface area contributed by atoms with Crippen LogP contribution in [0.4, 0.5) is 0 Å². The van der Waals surface area contributed by atoms with Crippen molar-refractivity contribution < 1.29 is 9.47 Å². The molecule has 2 rings (SSSR count). The Kier molecular flexibility index (Phi) is 13.1. The molecule has 1 heterocycles. The van der Waals surface area contributed by atoms with E-state index in [4.69, 9.17) is 21.1 Å². The second kappa shape index (κ2) is 14.5. The van der Waals surface area contributed by atoms with Crippen molar-refractivity contribution in [2.75, 3.05) is 39.5 Å². The third-order valence-electron chi connectivity index (χ3n) is 4.11. The van der Waals surface area contributed by atoms with Crippen molar-refractivity contribution in [1.29, 1.82) is 0 Å². The van der Waals surface area contributed by atoms with Crippen LogP contribution in [0.15, 0.2) is 29.3 Å². The van der Waals surface area contributed by atoms with Crippen molar-refractivity contribution in [2.45, 2.75) is 32.7 Å². The highest BCUT2D eigenvalue weighted by atomic mass is 127. The molecule has 1 aromatic carbocycles. The van der Waals surface area contributed by atoms with E-state index in [-0.39, 0.29) is 24.0 Å². The standard InChI is InChI=1S/C19H30ClN3O2.HI/c1-2-21-19(23-14-17-5-3-6-18(20)13-17)22-9-4-10-25-15-16-7-11-24-12-8-16;/h3,5-6,13,16H,2,4,7-12,14-15H2,1H3,(H2,21,22,23);1H. The first kappa shape index (κ1) is 23.5. The van der Waals surface area contributed by atoms with Crippen LogP contribution in [-0.4, -0.2) is 45.5 Å². The third-order valence-corrected chi connectivity index (χ3v) is 4.34. The summed E-state index contributed by atoms with van der Waals surface area (Å²) >= 11 is 6.01. The topological polar surface area (TPSA) is 54.9 Å². The Hall–Kier alpha value is -0.570. The van der Waals surface area contributed by atoms with Gasteiger partial charge in [-0.05, 0) is 49.8 Å². The van der Waals surface area contributed by atoms with Crippen molar-refractivity contribution >= 4 is 41.5 Å². The predicted octanol–water partition coefficient (Wildman–Crippen LogP) is 3.85. The molecule has 0 saturated carbocycles. The number of aliphatic imine (C=N–C) groups is 1. The highest BCUT2D eigenvalue weighted by molar-refractivity contribution is 14.0. The molecule has 1 saturated heterocycles. The smallest absolute Gasteiger partial charge is 0.191 e. The van der Waals surface area contributed by atoms with Crippen molar-refractivity contribution in [3.63, 3.8) is 0 Å². The zero-order valence-corrected chi connectivity index (χ0v) is 18.6. The number of hydrogen-bond acceptors (Lipinski definition) is 3. The average Bonchev–Trinajstić information content (AvgIpc) is 2.63. The highest BCUT2D eigenvalue weighted by Crippen LogP contribution is 2.14. The zero-order chi connectivity index (χ0) is 17.7. The van der Waals surface area contributed by atoms with E-state index in [1.165, 1.54) is 0 Å². The first-order chi connectivity index (χ1) is 12.3. The first-order valence-electron chi connectivity index (χ1n) is 9.20. The monoisotopic (exact) mass is 495 g/mol. The lowest BCUT2D eigenvalue weighted by molar-refractivity contribution is 0.0203. The molecule has 0 radical (unpaired) electrons. The summed E-state index contributed by atoms with van der Waals surface area (Å²) < 4.78 is 11.1. The molecule has 1 aromatic rings. The quantitative estimate of drug-likeness (QED) is 0.237. The van der Waals surface area contributed by atoms with Gasteiger partial charge in [-0.25, -0.2) is 4.99 Å². The molecule has 7 heteroatoms. The van der Waals surface area contributed by atoms with E-state index in [1.807, 2.05) is 24.3 Å². The molecular weight excluding hydrogens is 465 g/mol. The van der Waals surface area contributed by atoms with Gasteiger partial charge in [0.25, 0.3) is 0 Å². The number of hydrogen-bond donors (Lipinski definition) is 2. The second-order valence-electron chi connectivity index (χ2n) is 6.24. The molecule has 5 nitrogen and oxygen atoms in total. The van der Waals surface area contributed by atoms with Crippen LogP contribution in [0, 0.1) is 5.92 Å². The fraction of sp³-hybridized carbons (Fsp3) is 0.632. The molecule has 0 unspecified atom stereocenters. The fourth-order valence-electron chi connectivity index (χ4n) is 2.69. The van der Waals surface area contributed by atoms with Gasteiger partial charge in [0.1, 0.15) is 0 Å². The third kappa shape index (κ3) is 9.94. The van der Waals surface area contributed by atoms with E-state index in [1.54, 1.807) is 0 Å². The summed E-state index contributed by atoms with van der Waals surface area (Å²) in [5.41, 5.74) is 1.10. The first-order valence-corrected chi connectivity index (χ1v) is 9.58. The van der Waals surface area contributed by atoms with Gasteiger partial charge in [0.2, 0.25) is 0 Å². The van der Waals surface area contributed by atoms with Crippen LogP contribution in [0.25, 0.3) is 0 Å². The van der Waals surface area contributed by atoms with Crippen LogP contribution in [0.2, 0.25) is 5.02 Å². The summed E-state index contributed by atoms with van der Waals surface area (Å²) in [6.45, 7) is 7.74. The minimum Gasteiger partial charge on any atom is -0.381 e. The van der Waals surface area contributed by atoms with Crippen molar-refractivity contribution in [2.24, 2.45) is 10.9 Å². The molecule has 0 amide bonds. The largest absolute Gasteiger partial charge is 0.381 e. The number of ether oxygens (including phenoxy) is 2. The Bertz CT molecular complexity index is 525. The van der Waals surface area contributed by atoms with Gasteiger partial charge in [0.05, 0.1) is 6.54 Å². The summed E-state index contributed by atoms with van der Waals surface area (Å²) in [6.07, 6.45) is 3.21. The fourth-order valence-corrected chi connectivity index (χ4v) is 2.90. The number of halogens is 2. The predicted molar refractivity (Wildman–Crippen MR) is 119 cm³/mol. The Morgan fingerprint density at radius 2 is 2.12 bits per heavy atom. The molecule has 2 N–H and O–H groups in total. The summed E-state index contributed by atoms with van der Waals surface area (Å²) in [4.78, 5) is 4.60. The van der Waals surface area contributed by atoms with Gasteiger partial charge >= 0.3 is 0 Å². The minimum atomic E-state index is 0. The van der Waals surface area contributed by atoms with Gasteiger partial charge < -0.3 is 20.1 Å². The lowest BCUT2D eigenvalue weighted by Crippen LogP contribution is -2.38. The maximum atomic E-state index is 6.01. The summed E-state index contributed by atoms with van der Waals surface area (Å²) in [6, 6.07) is 7.80. The maximum Gasteiger partial charge on any atom is 0.191 e. The van der Waals surface area contributed by atoms with Gasteiger partial charge in [-0.1, -0.05) is 23.7 Å². The molecule has 1 aliphatic heterocycles. The van der Waals surface area contributed by atoms with E-state index in [0.717, 1.165) is 75.3 Å². The Morgan fingerprint density at radius 1 is 1.31 bits per heavy atom. The molecule has 148 valence electrons. The second-order valence-corrected chi connectivity index (χ2v) is 6.67. The van der Waals surface area contributed by atoms with E-state index in [0.29, 0.717) is 12.5 Å². The average molecular weight is 496 g/mol. The lowest BCUT2D eigenvalue weighted by Gasteiger charge is -2.21. The van der Waals surface area contributed by atoms with E-state index in [2.05, 4.69) is 22.5 Å². The molecule has 0 bridgehead atoms. The number of nitrogens with one attached hydrogen (secondary N) is 2. The number of guanidine groups is 1. The van der Waals surface area contributed by atoms with Gasteiger partial charge in [-0.15, -0.1) is 24.0 Å². The summed E-state index contributed by atoms with van der Waals surface area (Å²) in [5.74, 6) is 1.49. The van der Waals surface area contributed by atoms with Crippen LogP contribution in [0.1, 0.15) is 31.7 Å². The summed E-state index contributed by atoms with van der Waals surface area (Å²) in [7, 11) is 0. The Balaban J connectivity index is 0.00000338. The molecule has 1 fully saturated rings. The van der Waals surface area contributed by atoms with Crippen LogP contribution in [-0.2, 0) is 16.0 Å². The Morgan fingerprint density at radius 3 is 2.85 bits per heavy atom. The van der Waals surface area contributed by atoms with Crippen molar-refractivity contribution in [3.05, 3.63) is 34.9 Å². The number of nitrogens with zero attached hydrogens (tertiary/aromatic N) is 1. The summed E-state index contributed by atoms with van der Waals surface area (Å²) in [5, 5.41) is 7.35. The highest BCUT2D eigenvalue weighted by Gasteiger charge is 2.13. The van der Waals surface area contributed by atoms with Crippen molar-refractivity contribution in [3.8, 4) is 0 Å². The van der Waals surface area contributed by atoms with Crippen molar-refractivity contribution in [1.82, 2.24) is 10.6 Å². The van der Waals surface area contributed by atoms with E-state index < -0.39 is 0 Å².